The summed E-state index contributed by atoms with van der Waals surface area (Å²) < 4.78 is 0. The summed E-state index contributed by atoms with van der Waals surface area (Å²) in [6.07, 6.45) is 7.86. The van der Waals surface area contributed by atoms with Crippen molar-refractivity contribution >= 4 is 0 Å². The number of fused-ring (bicyclic) bond motifs is 4. The van der Waals surface area contributed by atoms with E-state index in [1.54, 1.807) is 0 Å². The van der Waals surface area contributed by atoms with Crippen LogP contribution in [-0.4, -0.2) is 31.1 Å². The van der Waals surface area contributed by atoms with Crippen LogP contribution in [-0.2, 0) is 0 Å². The summed E-state index contributed by atoms with van der Waals surface area (Å²) in [5, 5.41) is 3.55. The van der Waals surface area contributed by atoms with Crippen LogP contribution in [0.5, 0.6) is 0 Å². The fraction of sp³-hybridized carbons (Fsp3) is 0.538. The number of hydrogen-bond donors (Lipinski definition) is 1. The summed E-state index contributed by atoms with van der Waals surface area (Å²) in [6, 6.07) is 0. The molecule has 0 radical (unpaired) electrons. The lowest BCUT2D eigenvalue weighted by Gasteiger charge is -2.46. The van der Waals surface area contributed by atoms with Gasteiger partial charge in [0.25, 0.3) is 0 Å². The second-order valence-corrected chi connectivity index (χ2v) is 4.81. The molecular formula is C13H18N2. The van der Waals surface area contributed by atoms with Gasteiger partial charge in [0.05, 0.1) is 0 Å². The molecule has 0 aromatic carbocycles. The molecule has 3 rings (SSSR count). The van der Waals surface area contributed by atoms with Gasteiger partial charge in [-0.1, -0.05) is 24.8 Å². The Balaban J connectivity index is 1.99. The number of allylic oxidation sites excluding steroid dienone is 3. The average molecular weight is 202 g/mol. The maximum atomic E-state index is 3.92. The van der Waals surface area contributed by atoms with Crippen molar-refractivity contribution in [2.45, 2.75) is 6.42 Å². The molecule has 0 spiro atoms. The Morgan fingerprint density at radius 2 is 2.40 bits per heavy atom. The van der Waals surface area contributed by atoms with Gasteiger partial charge in [0.2, 0.25) is 0 Å². The molecule has 0 aromatic heterocycles. The average Bonchev–Trinajstić information content (AvgIpc) is 2.28. The molecule has 0 saturated carbocycles. The smallest absolute Gasteiger partial charge is 0.0360 e. The highest BCUT2D eigenvalue weighted by atomic mass is 15.2. The molecule has 2 saturated heterocycles. The number of piperidine rings is 2. The molecule has 0 aromatic rings. The van der Waals surface area contributed by atoms with E-state index < -0.39 is 0 Å². The summed E-state index contributed by atoms with van der Waals surface area (Å²) >= 11 is 0. The highest BCUT2D eigenvalue weighted by Gasteiger charge is 2.35. The first-order valence-electron chi connectivity index (χ1n) is 5.87. The Bertz CT molecular complexity index is 340. The lowest BCUT2D eigenvalue weighted by atomic mass is 9.80. The summed E-state index contributed by atoms with van der Waals surface area (Å²) in [6.45, 7) is 8.59. The Hall–Kier alpha value is -1.02. The third kappa shape index (κ3) is 1.44. The predicted octanol–water partition coefficient (Wildman–Crippen LogP) is 1.54. The molecule has 0 amide bonds. The van der Waals surface area contributed by atoms with Crippen LogP contribution in [0.25, 0.3) is 0 Å². The number of rotatable bonds is 1. The Labute approximate surface area is 91.3 Å². The van der Waals surface area contributed by atoms with Gasteiger partial charge in [-0.05, 0) is 24.5 Å². The highest BCUT2D eigenvalue weighted by molar-refractivity contribution is 5.39. The van der Waals surface area contributed by atoms with Crippen molar-refractivity contribution in [2.24, 2.45) is 11.8 Å². The SMILES string of the molecule is C=CC1=C2C3CNCC(C3)CN2CC=C1. The van der Waals surface area contributed by atoms with Crippen molar-refractivity contribution in [3.8, 4) is 0 Å². The Morgan fingerprint density at radius 3 is 3.27 bits per heavy atom. The molecule has 3 aliphatic rings. The molecule has 15 heavy (non-hydrogen) atoms. The van der Waals surface area contributed by atoms with Crippen molar-refractivity contribution in [1.29, 1.82) is 0 Å². The molecular weight excluding hydrogens is 184 g/mol. The van der Waals surface area contributed by atoms with E-state index in [-0.39, 0.29) is 0 Å². The molecule has 0 aliphatic carbocycles. The van der Waals surface area contributed by atoms with Gasteiger partial charge in [0, 0.05) is 31.2 Å². The van der Waals surface area contributed by atoms with Crippen molar-refractivity contribution in [3.63, 3.8) is 0 Å². The van der Waals surface area contributed by atoms with Crippen LogP contribution in [0.3, 0.4) is 0 Å². The first kappa shape index (κ1) is 9.22. The van der Waals surface area contributed by atoms with Gasteiger partial charge < -0.3 is 10.2 Å². The van der Waals surface area contributed by atoms with Gasteiger partial charge in [0.1, 0.15) is 0 Å². The van der Waals surface area contributed by atoms with Crippen LogP contribution in [0.1, 0.15) is 6.42 Å². The zero-order chi connectivity index (χ0) is 10.3. The van der Waals surface area contributed by atoms with Crippen LogP contribution >= 0.6 is 0 Å². The first-order valence-corrected chi connectivity index (χ1v) is 5.87. The monoisotopic (exact) mass is 202 g/mol. The van der Waals surface area contributed by atoms with E-state index in [9.17, 15) is 0 Å². The third-order valence-corrected chi connectivity index (χ3v) is 3.79. The summed E-state index contributed by atoms with van der Waals surface area (Å²) in [5.41, 5.74) is 2.88. The lowest BCUT2D eigenvalue weighted by molar-refractivity contribution is 0.155. The summed E-state index contributed by atoms with van der Waals surface area (Å²) in [7, 11) is 0. The summed E-state index contributed by atoms with van der Waals surface area (Å²) in [4.78, 5) is 2.55. The topological polar surface area (TPSA) is 15.3 Å². The minimum absolute atomic E-state index is 0.718. The second-order valence-electron chi connectivity index (χ2n) is 4.81. The quantitative estimate of drug-likeness (QED) is 0.694. The van der Waals surface area contributed by atoms with Gasteiger partial charge >= 0.3 is 0 Å². The standard InChI is InChI=1S/C13H18N2/c1-2-11-4-3-5-15-9-10-6-12(13(11)15)8-14-7-10/h2-4,10,12,14H,1,5-9H2. The molecule has 2 heteroatoms. The first-order chi connectivity index (χ1) is 7.38. The normalized spacial score (nSPS) is 34.0. The predicted molar refractivity (Wildman–Crippen MR) is 62.4 cm³/mol. The van der Waals surface area contributed by atoms with E-state index in [1.807, 2.05) is 6.08 Å². The molecule has 1 N–H and O–H groups in total. The highest BCUT2D eigenvalue weighted by Crippen LogP contribution is 2.36. The fourth-order valence-electron chi connectivity index (χ4n) is 3.20. The molecule has 2 unspecified atom stereocenters. The zero-order valence-electron chi connectivity index (χ0n) is 9.08. The second kappa shape index (κ2) is 3.53. The largest absolute Gasteiger partial charge is 0.370 e. The van der Waals surface area contributed by atoms with Gasteiger partial charge in [-0.3, -0.25) is 0 Å². The van der Waals surface area contributed by atoms with E-state index in [1.165, 1.54) is 30.8 Å². The molecule has 3 aliphatic heterocycles. The molecule has 2 nitrogen and oxygen atoms in total. The van der Waals surface area contributed by atoms with Crippen LogP contribution in [0.2, 0.25) is 0 Å². The molecule has 2 fully saturated rings. The van der Waals surface area contributed by atoms with Crippen molar-refractivity contribution in [3.05, 3.63) is 36.1 Å². The number of nitrogens with zero attached hydrogens (tertiary/aromatic N) is 1. The van der Waals surface area contributed by atoms with Gasteiger partial charge in [-0.25, -0.2) is 0 Å². The van der Waals surface area contributed by atoms with Crippen molar-refractivity contribution < 1.29 is 0 Å². The summed E-state index contributed by atoms with van der Waals surface area (Å²) in [5.74, 6) is 1.57. The van der Waals surface area contributed by atoms with Crippen LogP contribution < -0.4 is 5.32 Å². The van der Waals surface area contributed by atoms with Gasteiger partial charge in [-0.15, -0.1) is 0 Å². The fourth-order valence-corrected chi connectivity index (χ4v) is 3.20. The van der Waals surface area contributed by atoms with Crippen LogP contribution in [0, 0.1) is 11.8 Å². The molecule has 2 bridgehead atoms. The van der Waals surface area contributed by atoms with E-state index >= 15 is 0 Å². The Kier molecular flexibility index (Phi) is 2.17. The lowest BCUT2D eigenvalue weighted by Crippen LogP contribution is -2.50. The maximum absolute atomic E-state index is 3.92. The minimum atomic E-state index is 0.718. The minimum Gasteiger partial charge on any atom is -0.370 e. The number of hydrogen-bond acceptors (Lipinski definition) is 2. The maximum Gasteiger partial charge on any atom is 0.0360 e. The van der Waals surface area contributed by atoms with E-state index in [0.29, 0.717) is 0 Å². The van der Waals surface area contributed by atoms with Crippen LogP contribution in [0.4, 0.5) is 0 Å². The van der Waals surface area contributed by atoms with Crippen LogP contribution in [0.15, 0.2) is 36.1 Å². The molecule has 2 atom stereocenters. The third-order valence-electron chi connectivity index (χ3n) is 3.79. The van der Waals surface area contributed by atoms with E-state index in [4.69, 9.17) is 0 Å². The molecule has 80 valence electrons. The van der Waals surface area contributed by atoms with Gasteiger partial charge in [0.15, 0.2) is 0 Å². The van der Waals surface area contributed by atoms with E-state index in [0.717, 1.165) is 24.9 Å². The zero-order valence-corrected chi connectivity index (χ0v) is 9.08. The van der Waals surface area contributed by atoms with Gasteiger partial charge in [-0.2, -0.15) is 0 Å². The van der Waals surface area contributed by atoms with Crippen molar-refractivity contribution in [2.75, 3.05) is 26.2 Å². The van der Waals surface area contributed by atoms with E-state index in [2.05, 4.69) is 28.9 Å². The molecule has 3 heterocycles. The van der Waals surface area contributed by atoms with Crippen molar-refractivity contribution in [1.82, 2.24) is 10.2 Å². The number of nitrogens with one attached hydrogen (secondary N) is 1. The Morgan fingerprint density at radius 1 is 1.47 bits per heavy atom.